The number of aldehydes is 1. The number of carbonyl (C=O) groups excluding carboxylic acids is 2. The van der Waals surface area contributed by atoms with Gasteiger partial charge in [0.25, 0.3) is 0 Å². The third-order valence-electron chi connectivity index (χ3n) is 6.74. The maximum Gasteiger partial charge on any atom is 0.154 e. The van der Waals surface area contributed by atoms with E-state index < -0.39 is 0 Å². The highest BCUT2D eigenvalue weighted by atomic mass is 35.5. The summed E-state index contributed by atoms with van der Waals surface area (Å²) < 4.78 is 0. The quantitative estimate of drug-likeness (QED) is 0.463. The van der Waals surface area contributed by atoms with E-state index in [1.807, 2.05) is 26.8 Å². The average molecular weight is 407 g/mol. The number of phenols is 2. The number of benzene rings is 1. The first-order valence-electron chi connectivity index (χ1n) is 9.90. The fourth-order valence-corrected chi connectivity index (χ4v) is 4.31. The molecule has 2 N–H and O–H groups in total. The number of hydrogen-bond donors (Lipinski definition) is 2. The van der Waals surface area contributed by atoms with Crippen LogP contribution in [0.2, 0.25) is 5.02 Å². The normalized spacial score (nSPS) is 25.8. The average Bonchev–Trinajstić information content (AvgIpc) is 2.67. The molecule has 28 heavy (non-hydrogen) atoms. The van der Waals surface area contributed by atoms with Crippen molar-refractivity contribution in [3.8, 4) is 11.5 Å². The molecule has 0 amide bonds. The highest BCUT2D eigenvalue weighted by Gasteiger charge is 2.41. The van der Waals surface area contributed by atoms with Gasteiger partial charge in [-0.2, -0.15) is 0 Å². The molecule has 1 aromatic carbocycles. The van der Waals surface area contributed by atoms with Crippen LogP contribution in [0.1, 0.15) is 74.9 Å². The fourth-order valence-electron chi connectivity index (χ4n) is 4.10. The number of halogens is 1. The molecule has 5 heteroatoms. The summed E-state index contributed by atoms with van der Waals surface area (Å²) in [4.78, 5) is 23.6. The Morgan fingerprint density at radius 3 is 2.54 bits per heavy atom. The van der Waals surface area contributed by atoms with Gasteiger partial charge in [-0.05, 0) is 56.9 Å². The van der Waals surface area contributed by atoms with Gasteiger partial charge < -0.3 is 10.2 Å². The van der Waals surface area contributed by atoms with E-state index in [4.69, 9.17) is 11.6 Å². The zero-order chi connectivity index (χ0) is 21.2. The van der Waals surface area contributed by atoms with E-state index in [-0.39, 0.29) is 51.3 Å². The summed E-state index contributed by atoms with van der Waals surface area (Å²) >= 11 is 6.10. The molecule has 3 atom stereocenters. The molecule has 3 unspecified atom stereocenters. The van der Waals surface area contributed by atoms with Gasteiger partial charge in [0.1, 0.15) is 17.3 Å². The second kappa shape index (κ2) is 8.69. The molecule has 1 aliphatic carbocycles. The van der Waals surface area contributed by atoms with Crippen molar-refractivity contribution in [3.05, 3.63) is 33.4 Å². The molecule has 154 valence electrons. The lowest BCUT2D eigenvalue weighted by Crippen LogP contribution is -2.39. The molecule has 2 rings (SSSR count). The Balaban J connectivity index is 2.13. The summed E-state index contributed by atoms with van der Waals surface area (Å²) in [6.45, 7) is 9.85. The number of ketones is 1. The minimum atomic E-state index is -0.217. The highest BCUT2D eigenvalue weighted by Crippen LogP contribution is 2.45. The van der Waals surface area contributed by atoms with Gasteiger partial charge in [-0.1, -0.05) is 44.0 Å². The largest absolute Gasteiger partial charge is 0.507 e. The summed E-state index contributed by atoms with van der Waals surface area (Å²) in [5.74, 6) is 0.178. The Morgan fingerprint density at radius 1 is 1.29 bits per heavy atom. The summed E-state index contributed by atoms with van der Waals surface area (Å²) in [5, 5.41) is 20.7. The van der Waals surface area contributed by atoms with Crippen molar-refractivity contribution >= 4 is 23.7 Å². The summed E-state index contributed by atoms with van der Waals surface area (Å²) in [6, 6.07) is 0. The van der Waals surface area contributed by atoms with Crippen LogP contribution in [0.4, 0.5) is 0 Å². The van der Waals surface area contributed by atoms with Crippen molar-refractivity contribution < 1.29 is 19.8 Å². The molecule has 0 radical (unpaired) electrons. The van der Waals surface area contributed by atoms with Crippen LogP contribution in [0, 0.1) is 24.2 Å². The number of allylic oxidation sites excluding steroid dienone is 2. The van der Waals surface area contributed by atoms with E-state index in [0.717, 1.165) is 31.3 Å². The van der Waals surface area contributed by atoms with E-state index >= 15 is 0 Å². The van der Waals surface area contributed by atoms with E-state index in [9.17, 15) is 19.8 Å². The van der Waals surface area contributed by atoms with Crippen LogP contribution in [-0.2, 0) is 11.2 Å². The van der Waals surface area contributed by atoms with Crippen molar-refractivity contribution in [1.29, 1.82) is 0 Å². The molecule has 0 spiro atoms. The van der Waals surface area contributed by atoms with Crippen LogP contribution in [-0.4, -0.2) is 22.3 Å². The summed E-state index contributed by atoms with van der Waals surface area (Å²) in [7, 11) is 0. The van der Waals surface area contributed by atoms with Crippen molar-refractivity contribution in [2.24, 2.45) is 17.3 Å². The molecule has 0 aromatic heterocycles. The first-order valence-corrected chi connectivity index (χ1v) is 10.3. The molecule has 1 aromatic rings. The van der Waals surface area contributed by atoms with Crippen LogP contribution in [0.3, 0.4) is 0 Å². The van der Waals surface area contributed by atoms with Crippen molar-refractivity contribution in [2.75, 3.05) is 0 Å². The minimum absolute atomic E-state index is 0.000819. The van der Waals surface area contributed by atoms with Crippen LogP contribution >= 0.6 is 11.6 Å². The molecule has 4 nitrogen and oxygen atoms in total. The van der Waals surface area contributed by atoms with Crippen LogP contribution in [0.25, 0.3) is 0 Å². The second-order valence-corrected chi connectivity index (χ2v) is 9.00. The monoisotopic (exact) mass is 406 g/mol. The van der Waals surface area contributed by atoms with Crippen molar-refractivity contribution in [2.45, 2.75) is 66.7 Å². The predicted molar refractivity (Wildman–Crippen MR) is 112 cm³/mol. The lowest BCUT2D eigenvalue weighted by atomic mass is 9.62. The maximum atomic E-state index is 12.4. The first-order chi connectivity index (χ1) is 13.0. The zero-order valence-corrected chi connectivity index (χ0v) is 18.2. The number of carbonyl (C=O) groups is 2. The molecular formula is C23H31ClO4. The van der Waals surface area contributed by atoms with E-state index in [2.05, 4.69) is 6.92 Å². The van der Waals surface area contributed by atoms with Gasteiger partial charge in [-0.15, -0.1) is 0 Å². The Labute approximate surface area is 172 Å². The number of Topliss-reactive ketones (excluding diaryl/α,β-unsaturated/α-hetero) is 1. The molecule has 1 aliphatic rings. The van der Waals surface area contributed by atoms with Crippen molar-refractivity contribution in [3.63, 3.8) is 0 Å². The third kappa shape index (κ3) is 4.27. The highest BCUT2D eigenvalue weighted by molar-refractivity contribution is 6.33. The SMILES string of the molecule is CC(=CCc1c(O)c(Cl)c(C)c(C=O)c1O)CCC1(C)CCC(C)C(=O)C1C. The second-order valence-electron chi connectivity index (χ2n) is 8.62. The smallest absolute Gasteiger partial charge is 0.154 e. The summed E-state index contributed by atoms with van der Waals surface area (Å²) in [5.41, 5.74) is 1.86. The molecule has 1 fully saturated rings. The molecule has 1 saturated carbocycles. The van der Waals surface area contributed by atoms with E-state index in [1.54, 1.807) is 6.92 Å². The number of hydrogen-bond acceptors (Lipinski definition) is 4. The first kappa shape index (κ1) is 22.5. The standard InChI is InChI=1S/C23H31ClO4/c1-13(8-10-23(5)11-9-14(2)20(26)16(23)4)6-7-17-21(27)18(12-25)15(3)19(24)22(17)28/h6,12,14,16,27-28H,7-11H2,1-5H3. The lowest BCUT2D eigenvalue weighted by molar-refractivity contribution is -0.133. The van der Waals surface area contributed by atoms with Crippen molar-refractivity contribution in [1.82, 2.24) is 0 Å². The predicted octanol–water partition coefficient (Wildman–Crippen LogP) is 5.78. The van der Waals surface area contributed by atoms with Gasteiger partial charge in [0, 0.05) is 17.4 Å². The maximum absolute atomic E-state index is 12.4. The molecule has 0 aliphatic heterocycles. The minimum Gasteiger partial charge on any atom is -0.507 e. The van der Waals surface area contributed by atoms with E-state index in [1.165, 1.54) is 0 Å². The molecule has 0 bridgehead atoms. The van der Waals surface area contributed by atoms with Gasteiger partial charge in [0.2, 0.25) is 0 Å². The van der Waals surface area contributed by atoms with Gasteiger partial charge in [0.15, 0.2) is 6.29 Å². The Bertz CT molecular complexity index is 812. The number of aromatic hydroxyl groups is 2. The molecule has 0 heterocycles. The number of rotatable bonds is 6. The fraction of sp³-hybridized carbons (Fsp3) is 0.565. The van der Waals surface area contributed by atoms with Gasteiger partial charge in [-0.3, -0.25) is 9.59 Å². The van der Waals surface area contributed by atoms with Gasteiger partial charge in [0.05, 0.1) is 10.6 Å². The zero-order valence-electron chi connectivity index (χ0n) is 17.4. The van der Waals surface area contributed by atoms with Gasteiger partial charge >= 0.3 is 0 Å². The molecule has 0 saturated heterocycles. The Morgan fingerprint density at radius 2 is 1.93 bits per heavy atom. The van der Waals surface area contributed by atoms with Crippen LogP contribution in [0.5, 0.6) is 11.5 Å². The lowest BCUT2D eigenvalue weighted by Gasteiger charge is -2.41. The topological polar surface area (TPSA) is 74.6 Å². The Kier molecular flexibility index (Phi) is 6.97. The summed E-state index contributed by atoms with van der Waals surface area (Å²) in [6.07, 6.45) is 6.53. The van der Waals surface area contributed by atoms with Gasteiger partial charge in [-0.25, -0.2) is 0 Å². The molecular weight excluding hydrogens is 376 g/mol. The van der Waals surface area contributed by atoms with E-state index in [0.29, 0.717) is 17.6 Å². The van der Waals surface area contributed by atoms with Crippen LogP contribution < -0.4 is 0 Å². The van der Waals surface area contributed by atoms with Crippen LogP contribution in [0.15, 0.2) is 11.6 Å². The Hall–Kier alpha value is -1.81. The number of phenolic OH excluding ortho intramolecular Hbond substituents is 2. The third-order valence-corrected chi connectivity index (χ3v) is 7.20.